The second kappa shape index (κ2) is 6.71. The molecule has 0 radical (unpaired) electrons. The van der Waals surface area contributed by atoms with E-state index in [1.54, 1.807) is 12.1 Å². The van der Waals surface area contributed by atoms with Crippen molar-refractivity contribution in [1.82, 2.24) is 4.90 Å². The standard InChI is InChI=1S/C13H14BrNO5/c14-9-3-1-2-4-10(9)20-8-12(16)15-5-6-19-11(7-15)13(17)18/h1-4,11H,5-8H2,(H,17,18). The third kappa shape index (κ3) is 3.71. The number of rotatable bonds is 4. The number of halogens is 1. The van der Waals surface area contributed by atoms with E-state index in [0.717, 1.165) is 4.47 Å². The summed E-state index contributed by atoms with van der Waals surface area (Å²) in [5.74, 6) is -0.742. The minimum atomic E-state index is -1.06. The summed E-state index contributed by atoms with van der Waals surface area (Å²) in [6.07, 6.45) is -0.962. The van der Waals surface area contributed by atoms with Gasteiger partial charge in [-0.15, -0.1) is 0 Å². The van der Waals surface area contributed by atoms with Crippen LogP contribution in [0.4, 0.5) is 0 Å². The molecular weight excluding hydrogens is 330 g/mol. The maximum atomic E-state index is 12.0. The number of hydrogen-bond acceptors (Lipinski definition) is 4. The molecule has 20 heavy (non-hydrogen) atoms. The Kier molecular flexibility index (Phi) is 4.97. The van der Waals surface area contributed by atoms with Crippen LogP contribution >= 0.6 is 15.9 Å². The van der Waals surface area contributed by atoms with Gasteiger partial charge in [0.05, 0.1) is 17.6 Å². The maximum absolute atomic E-state index is 12.0. The molecule has 2 rings (SSSR count). The highest BCUT2D eigenvalue weighted by Gasteiger charge is 2.29. The topological polar surface area (TPSA) is 76.1 Å². The van der Waals surface area contributed by atoms with Gasteiger partial charge < -0.3 is 19.5 Å². The van der Waals surface area contributed by atoms with Gasteiger partial charge >= 0.3 is 5.97 Å². The predicted octanol–water partition coefficient (Wildman–Crippen LogP) is 1.14. The van der Waals surface area contributed by atoms with E-state index in [1.165, 1.54) is 4.90 Å². The number of ether oxygens (including phenoxy) is 2. The van der Waals surface area contributed by atoms with Crippen molar-refractivity contribution in [1.29, 1.82) is 0 Å². The summed E-state index contributed by atoms with van der Waals surface area (Å²) in [4.78, 5) is 24.3. The zero-order valence-corrected chi connectivity index (χ0v) is 12.2. The summed E-state index contributed by atoms with van der Waals surface area (Å²) >= 11 is 3.32. The molecule has 1 aliphatic heterocycles. The van der Waals surface area contributed by atoms with E-state index >= 15 is 0 Å². The van der Waals surface area contributed by atoms with Crippen LogP contribution in [0.5, 0.6) is 5.75 Å². The molecule has 1 heterocycles. The van der Waals surface area contributed by atoms with Gasteiger partial charge in [-0.05, 0) is 28.1 Å². The number of amides is 1. The van der Waals surface area contributed by atoms with Crippen molar-refractivity contribution in [2.45, 2.75) is 6.10 Å². The summed E-state index contributed by atoms with van der Waals surface area (Å²) in [6.45, 7) is 0.516. The quantitative estimate of drug-likeness (QED) is 0.887. The molecule has 7 heteroatoms. The molecule has 1 saturated heterocycles. The fraction of sp³-hybridized carbons (Fsp3) is 0.385. The predicted molar refractivity (Wildman–Crippen MR) is 73.6 cm³/mol. The monoisotopic (exact) mass is 343 g/mol. The molecular formula is C13H14BrNO5. The lowest BCUT2D eigenvalue weighted by Gasteiger charge is -2.30. The number of aliphatic carboxylic acids is 1. The summed E-state index contributed by atoms with van der Waals surface area (Å²) in [7, 11) is 0. The first kappa shape index (κ1) is 14.8. The highest BCUT2D eigenvalue weighted by molar-refractivity contribution is 9.10. The van der Waals surface area contributed by atoms with E-state index in [2.05, 4.69) is 15.9 Å². The molecule has 1 fully saturated rings. The average molecular weight is 344 g/mol. The largest absolute Gasteiger partial charge is 0.483 e. The molecule has 6 nitrogen and oxygen atoms in total. The first-order valence-electron chi connectivity index (χ1n) is 6.07. The van der Waals surface area contributed by atoms with E-state index in [1.807, 2.05) is 12.1 Å². The van der Waals surface area contributed by atoms with Crippen molar-refractivity contribution in [2.24, 2.45) is 0 Å². The first-order chi connectivity index (χ1) is 9.58. The van der Waals surface area contributed by atoms with E-state index < -0.39 is 12.1 Å². The molecule has 1 aromatic rings. The van der Waals surface area contributed by atoms with Gasteiger partial charge in [-0.3, -0.25) is 4.79 Å². The van der Waals surface area contributed by atoms with E-state index in [-0.39, 0.29) is 25.7 Å². The fourth-order valence-corrected chi connectivity index (χ4v) is 2.22. The molecule has 108 valence electrons. The van der Waals surface area contributed by atoms with Gasteiger partial charge in [0.15, 0.2) is 12.7 Å². The fourth-order valence-electron chi connectivity index (χ4n) is 1.82. The van der Waals surface area contributed by atoms with Crippen molar-refractivity contribution in [3.8, 4) is 5.75 Å². The van der Waals surface area contributed by atoms with Gasteiger partial charge in [-0.25, -0.2) is 4.79 Å². The Balaban J connectivity index is 1.89. The Morgan fingerprint density at radius 2 is 2.20 bits per heavy atom. The molecule has 1 aliphatic rings. The average Bonchev–Trinajstić information content (AvgIpc) is 2.46. The summed E-state index contributed by atoms with van der Waals surface area (Å²) < 4.78 is 11.2. The molecule has 1 atom stereocenters. The van der Waals surface area contributed by atoms with Gasteiger partial charge in [0.25, 0.3) is 5.91 Å². The second-order valence-corrected chi connectivity index (χ2v) is 5.11. The SMILES string of the molecule is O=C(O)C1CN(C(=O)COc2ccccc2Br)CCO1. The molecule has 0 aromatic heterocycles. The van der Waals surface area contributed by atoms with Crippen LogP contribution in [0.2, 0.25) is 0 Å². The Hall–Kier alpha value is -1.60. The van der Waals surface area contributed by atoms with E-state index in [4.69, 9.17) is 14.6 Å². The van der Waals surface area contributed by atoms with Crippen LogP contribution in [0.15, 0.2) is 28.7 Å². The molecule has 0 spiro atoms. The summed E-state index contributed by atoms with van der Waals surface area (Å²) in [6, 6.07) is 7.21. The lowest BCUT2D eigenvalue weighted by atomic mass is 10.2. The van der Waals surface area contributed by atoms with Crippen molar-refractivity contribution in [3.05, 3.63) is 28.7 Å². The van der Waals surface area contributed by atoms with Gasteiger partial charge in [-0.2, -0.15) is 0 Å². The van der Waals surface area contributed by atoms with Crippen molar-refractivity contribution >= 4 is 27.8 Å². The molecule has 0 bridgehead atoms. The van der Waals surface area contributed by atoms with Crippen LogP contribution in [-0.4, -0.2) is 54.3 Å². The normalized spacial score (nSPS) is 18.6. The zero-order valence-electron chi connectivity index (χ0n) is 10.6. The number of benzene rings is 1. The van der Waals surface area contributed by atoms with Crippen LogP contribution in [0.3, 0.4) is 0 Å². The summed E-state index contributed by atoms with van der Waals surface area (Å²) in [5, 5.41) is 8.88. The van der Waals surface area contributed by atoms with Gasteiger partial charge in [0, 0.05) is 6.54 Å². The number of carboxylic acid groups (broad SMARTS) is 1. The van der Waals surface area contributed by atoms with Crippen molar-refractivity contribution in [2.75, 3.05) is 26.3 Å². The molecule has 0 aliphatic carbocycles. The third-order valence-electron chi connectivity index (χ3n) is 2.88. The molecule has 1 amide bonds. The van der Waals surface area contributed by atoms with E-state index in [0.29, 0.717) is 12.3 Å². The molecule has 1 unspecified atom stereocenters. The minimum Gasteiger partial charge on any atom is -0.483 e. The Morgan fingerprint density at radius 1 is 1.45 bits per heavy atom. The van der Waals surface area contributed by atoms with Crippen molar-refractivity contribution < 1.29 is 24.2 Å². The first-order valence-corrected chi connectivity index (χ1v) is 6.86. The molecule has 1 aromatic carbocycles. The van der Waals surface area contributed by atoms with Crippen LogP contribution < -0.4 is 4.74 Å². The van der Waals surface area contributed by atoms with Gasteiger partial charge in [0.2, 0.25) is 0 Å². The highest BCUT2D eigenvalue weighted by Crippen LogP contribution is 2.23. The van der Waals surface area contributed by atoms with Gasteiger partial charge in [0.1, 0.15) is 5.75 Å². The van der Waals surface area contributed by atoms with E-state index in [9.17, 15) is 9.59 Å². The Labute approximate surface area is 124 Å². The van der Waals surface area contributed by atoms with Crippen molar-refractivity contribution in [3.63, 3.8) is 0 Å². The van der Waals surface area contributed by atoms with Crippen LogP contribution in [-0.2, 0) is 14.3 Å². The highest BCUT2D eigenvalue weighted by atomic mass is 79.9. The second-order valence-electron chi connectivity index (χ2n) is 4.26. The molecule has 0 saturated carbocycles. The number of carboxylic acids is 1. The van der Waals surface area contributed by atoms with Crippen LogP contribution in [0, 0.1) is 0 Å². The maximum Gasteiger partial charge on any atom is 0.334 e. The number of morpholine rings is 1. The zero-order chi connectivity index (χ0) is 14.5. The Bertz CT molecular complexity index is 507. The van der Waals surface area contributed by atoms with Gasteiger partial charge in [-0.1, -0.05) is 12.1 Å². The Morgan fingerprint density at radius 3 is 2.90 bits per heavy atom. The van der Waals surface area contributed by atoms with Crippen LogP contribution in [0.1, 0.15) is 0 Å². The number of carbonyl (C=O) groups excluding carboxylic acids is 1. The van der Waals surface area contributed by atoms with Crippen LogP contribution in [0.25, 0.3) is 0 Å². The third-order valence-corrected chi connectivity index (χ3v) is 3.54. The summed E-state index contributed by atoms with van der Waals surface area (Å²) in [5.41, 5.74) is 0. The lowest BCUT2D eigenvalue weighted by molar-refractivity contribution is -0.159. The number of carbonyl (C=O) groups is 2. The smallest absolute Gasteiger partial charge is 0.334 e. The number of hydrogen-bond donors (Lipinski definition) is 1. The number of para-hydroxylation sites is 1. The number of nitrogens with zero attached hydrogens (tertiary/aromatic N) is 1. The lowest BCUT2D eigenvalue weighted by Crippen LogP contribution is -2.49. The molecule has 1 N–H and O–H groups in total. The minimum absolute atomic E-state index is 0.0491.